The van der Waals surface area contributed by atoms with Gasteiger partial charge in [0.05, 0.1) is 11.8 Å². The molecule has 2 rings (SSSR count). The van der Waals surface area contributed by atoms with E-state index in [1.165, 1.54) is 19.2 Å². The molecule has 2 aromatic heterocycles. The van der Waals surface area contributed by atoms with Crippen LogP contribution in [0.4, 0.5) is 5.88 Å². The number of hydrogen-bond donors (Lipinski definition) is 1. The van der Waals surface area contributed by atoms with E-state index in [4.69, 9.17) is 8.94 Å². The Morgan fingerprint density at radius 1 is 1.50 bits per heavy atom. The van der Waals surface area contributed by atoms with Gasteiger partial charge in [0.25, 0.3) is 5.91 Å². The second kappa shape index (κ2) is 4.32. The van der Waals surface area contributed by atoms with Crippen molar-refractivity contribution in [1.29, 1.82) is 0 Å². The number of nitrogens with zero attached hydrogens (tertiary/aromatic N) is 2. The van der Waals surface area contributed by atoms with E-state index < -0.39 is 16.7 Å². The summed E-state index contributed by atoms with van der Waals surface area (Å²) in [4.78, 5) is 21.5. The Morgan fingerprint density at radius 2 is 2.22 bits per heavy atom. The summed E-state index contributed by atoms with van der Waals surface area (Å²) in [5.74, 6) is -0.675. The molecule has 8 nitrogen and oxygen atoms in total. The van der Waals surface area contributed by atoms with Gasteiger partial charge in [0.15, 0.2) is 5.76 Å². The summed E-state index contributed by atoms with van der Waals surface area (Å²) < 4.78 is 9.94. The fourth-order valence-electron chi connectivity index (χ4n) is 1.48. The second-order valence-corrected chi connectivity index (χ2v) is 3.45. The molecular formula is C10H9N3O5. The number of aromatic nitrogens is 1. The summed E-state index contributed by atoms with van der Waals surface area (Å²) in [5.41, 5.74) is 0.574. The van der Waals surface area contributed by atoms with Gasteiger partial charge in [-0.05, 0) is 13.0 Å². The minimum Gasteiger partial charge on any atom is -0.397 e. The fraction of sp³-hybridized carbons (Fsp3) is 0.200. The molecule has 0 unspecified atom stereocenters. The van der Waals surface area contributed by atoms with Gasteiger partial charge in [0, 0.05) is 7.05 Å². The molecule has 0 bridgehead atoms. The van der Waals surface area contributed by atoms with Crippen LogP contribution in [-0.2, 0) is 0 Å². The lowest BCUT2D eigenvalue weighted by molar-refractivity contribution is -0.401. The van der Waals surface area contributed by atoms with E-state index in [0.717, 1.165) is 0 Å². The first-order chi connectivity index (χ1) is 8.54. The lowest BCUT2D eigenvalue weighted by Crippen LogP contribution is -2.18. The van der Waals surface area contributed by atoms with Crippen molar-refractivity contribution < 1.29 is 18.7 Å². The number of carbonyl (C=O) groups is 1. The Kier molecular flexibility index (Phi) is 2.84. The zero-order valence-electron chi connectivity index (χ0n) is 9.59. The summed E-state index contributed by atoms with van der Waals surface area (Å²) >= 11 is 0. The maximum absolute atomic E-state index is 11.6. The van der Waals surface area contributed by atoms with Crippen LogP contribution in [0.3, 0.4) is 0 Å². The zero-order valence-corrected chi connectivity index (χ0v) is 9.59. The smallest absolute Gasteiger partial charge is 0.397 e. The summed E-state index contributed by atoms with van der Waals surface area (Å²) in [7, 11) is 1.46. The van der Waals surface area contributed by atoms with Crippen LogP contribution in [0.15, 0.2) is 21.1 Å². The van der Waals surface area contributed by atoms with Gasteiger partial charge in [0.1, 0.15) is 10.5 Å². The fourth-order valence-corrected chi connectivity index (χ4v) is 1.48. The van der Waals surface area contributed by atoms with E-state index in [1.54, 1.807) is 6.92 Å². The predicted molar refractivity (Wildman–Crippen MR) is 59.0 cm³/mol. The van der Waals surface area contributed by atoms with E-state index in [9.17, 15) is 14.9 Å². The van der Waals surface area contributed by atoms with Gasteiger partial charge in [-0.25, -0.2) is 0 Å². The molecule has 1 amide bonds. The van der Waals surface area contributed by atoms with E-state index >= 15 is 0 Å². The highest BCUT2D eigenvalue weighted by Crippen LogP contribution is 2.30. The summed E-state index contributed by atoms with van der Waals surface area (Å²) in [6.07, 6.45) is 0. The summed E-state index contributed by atoms with van der Waals surface area (Å²) in [5, 5.41) is 16.6. The number of nitro groups is 1. The minimum absolute atomic E-state index is 0.0694. The first kappa shape index (κ1) is 11.8. The Hall–Kier alpha value is -2.64. The summed E-state index contributed by atoms with van der Waals surface area (Å²) in [6, 6.07) is 2.53. The molecule has 94 valence electrons. The van der Waals surface area contributed by atoms with Gasteiger partial charge in [-0.1, -0.05) is 5.16 Å². The Bertz CT molecular complexity index is 613. The van der Waals surface area contributed by atoms with Crippen LogP contribution >= 0.6 is 0 Å². The number of carbonyl (C=O) groups excluding carboxylic acids is 1. The zero-order chi connectivity index (χ0) is 13.3. The Labute approximate surface area is 101 Å². The lowest BCUT2D eigenvalue weighted by atomic mass is 10.1. The highest BCUT2D eigenvalue weighted by molar-refractivity contribution is 5.99. The largest absolute Gasteiger partial charge is 0.433 e. The van der Waals surface area contributed by atoms with Crippen molar-refractivity contribution in [2.45, 2.75) is 6.92 Å². The molecule has 0 aromatic carbocycles. The number of amides is 1. The van der Waals surface area contributed by atoms with Crippen molar-refractivity contribution in [2.24, 2.45) is 0 Å². The molecule has 0 saturated carbocycles. The first-order valence-electron chi connectivity index (χ1n) is 4.97. The van der Waals surface area contributed by atoms with Gasteiger partial charge >= 0.3 is 5.88 Å². The Balaban J connectivity index is 2.50. The number of nitrogens with one attached hydrogen (secondary N) is 1. The molecule has 0 saturated heterocycles. The van der Waals surface area contributed by atoms with Crippen molar-refractivity contribution in [1.82, 2.24) is 10.5 Å². The normalized spacial score (nSPS) is 10.3. The molecule has 2 aromatic rings. The van der Waals surface area contributed by atoms with E-state index in [-0.39, 0.29) is 17.1 Å². The average molecular weight is 251 g/mol. The van der Waals surface area contributed by atoms with Gasteiger partial charge in [-0.3, -0.25) is 14.9 Å². The van der Waals surface area contributed by atoms with Crippen LogP contribution in [-0.4, -0.2) is 23.0 Å². The molecule has 0 aliphatic rings. The number of hydrogen-bond acceptors (Lipinski definition) is 6. The van der Waals surface area contributed by atoms with Crippen molar-refractivity contribution in [2.75, 3.05) is 7.05 Å². The molecule has 2 heterocycles. The molecule has 18 heavy (non-hydrogen) atoms. The Morgan fingerprint density at radius 3 is 2.78 bits per heavy atom. The molecule has 0 radical (unpaired) electrons. The third-order valence-electron chi connectivity index (χ3n) is 2.31. The highest BCUT2D eigenvalue weighted by atomic mass is 16.6. The third-order valence-corrected chi connectivity index (χ3v) is 2.31. The van der Waals surface area contributed by atoms with E-state index in [2.05, 4.69) is 10.5 Å². The van der Waals surface area contributed by atoms with E-state index in [1.807, 2.05) is 0 Å². The molecule has 8 heteroatoms. The van der Waals surface area contributed by atoms with Gasteiger partial charge < -0.3 is 14.3 Å². The van der Waals surface area contributed by atoms with E-state index in [0.29, 0.717) is 5.69 Å². The van der Waals surface area contributed by atoms with Crippen LogP contribution < -0.4 is 5.32 Å². The molecule has 0 spiro atoms. The molecular weight excluding hydrogens is 242 g/mol. The van der Waals surface area contributed by atoms with Crippen LogP contribution in [0.5, 0.6) is 0 Å². The van der Waals surface area contributed by atoms with Gasteiger partial charge in [-0.15, -0.1) is 0 Å². The summed E-state index contributed by atoms with van der Waals surface area (Å²) in [6.45, 7) is 1.59. The van der Waals surface area contributed by atoms with Crippen molar-refractivity contribution in [3.05, 3.63) is 33.5 Å². The maximum Gasteiger partial charge on any atom is 0.433 e. The first-order valence-corrected chi connectivity index (χ1v) is 4.97. The van der Waals surface area contributed by atoms with Crippen molar-refractivity contribution in [3.8, 4) is 11.5 Å². The molecule has 0 fully saturated rings. The topological polar surface area (TPSA) is 111 Å². The quantitative estimate of drug-likeness (QED) is 0.653. The maximum atomic E-state index is 11.6. The second-order valence-electron chi connectivity index (χ2n) is 3.45. The van der Waals surface area contributed by atoms with Crippen LogP contribution in [0, 0.1) is 17.0 Å². The van der Waals surface area contributed by atoms with Gasteiger partial charge in [-0.2, -0.15) is 0 Å². The average Bonchev–Trinajstić information content (AvgIpc) is 2.94. The molecule has 0 aliphatic heterocycles. The number of aryl methyl sites for hydroxylation is 1. The standard InChI is InChI=1S/C10H9N3O5/c1-5-8(10(14)11-2)9(18-12-5)6-3-4-7(17-6)13(15)16/h3-4H,1-2H3,(H,11,14). The number of furan rings is 1. The monoisotopic (exact) mass is 251 g/mol. The van der Waals surface area contributed by atoms with Gasteiger partial charge in [0.2, 0.25) is 5.76 Å². The lowest BCUT2D eigenvalue weighted by Gasteiger charge is -1.97. The predicted octanol–water partition coefficient (Wildman–Crippen LogP) is 1.51. The molecule has 0 aliphatic carbocycles. The van der Waals surface area contributed by atoms with Crippen LogP contribution in [0.25, 0.3) is 11.5 Å². The highest BCUT2D eigenvalue weighted by Gasteiger charge is 2.25. The molecule has 1 N–H and O–H groups in total. The van der Waals surface area contributed by atoms with Crippen molar-refractivity contribution >= 4 is 11.8 Å². The minimum atomic E-state index is -0.674. The third kappa shape index (κ3) is 1.83. The SMILES string of the molecule is CNC(=O)c1c(C)noc1-c1ccc([N+](=O)[O-])o1. The number of rotatable bonds is 3. The van der Waals surface area contributed by atoms with Crippen LogP contribution in [0.2, 0.25) is 0 Å². The van der Waals surface area contributed by atoms with Crippen molar-refractivity contribution in [3.63, 3.8) is 0 Å². The molecule has 0 atom stereocenters. The van der Waals surface area contributed by atoms with Crippen LogP contribution in [0.1, 0.15) is 16.1 Å².